The molecule has 0 atom stereocenters. The number of morpholine rings is 1. The number of ether oxygens (including phenoxy) is 1. The summed E-state index contributed by atoms with van der Waals surface area (Å²) >= 11 is 6.12. The highest BCUT2D eigenvalue weighted by Crippen LogP contribution is 2.26. The molecule has 1 N–H and O–H groups in total. The lowest BCUT2D eigenvalue weighted by atomic mass is 10.1. The Hall–Kier alpha value is -2.89. The van der Waals surface area contributed by atoms with E-state index in [1.807, 2.05) is 36.4 Å². The smallest absolute Gasteiger partial charge is 0.248 e. The summed E-state index contributed by atoms with van der Waals surface area (Å²) in [5.74, 6) is 0.762. The van der Waals surface area contributed by atoms with E-state index in [1.54, 1.807) is 12.1 Å². The fourth-order valence-electron chi connectivity index (χ4n) is 3.37. The van der Waals surface area contributed by atoms with E-state index in [0.717, 1.165) is 59.8 Å². The van der Waals surface area contributed by atoms with E-state index in [4.69, 9.17) is 21.3 Å². The van der Waals surface area contributed by atoms with Crippen LogP contribution in [0.4, 0.5) is 11.5 Å². The largest absolute Gasteiger partial charge is 0.378 e. The first-order chi connectivity index (χ1) is 14.1. The first-order valence-corrected chi connectivity index (χ1v) is 9.96. The van der Waals surface area contributed by atoms with Gasteiger partial charge in [-0.25, -0.2) is 4.98 Å². The molecule has 1 aromatic heterocycles. The Morgan fingerprint density at radius 1 is 1.17 bits per heavy atom. The maximum atomic E-state index is 12.3. The van der Waals surface area contributed by atoms with Crippen molar-refractivity contribution in [3.05, 3.63) is 70.8 Å². The SMILES string of the molecule is Cc1cc(N2CCOCC2)nc2ccc(NC(=O)/C=C/c3ccccc3Cl)cc12. The number of carbonyl (C=O) groups is 1. The number of amides is 1. The number of anilines is 2. The molecule has 6 heteroatoms. The van der Waals surface area contributed by atoms with Crippen molar-refractivity contribution in [1.29, 1.82) is 0 Å². The van der Waals surface area contributed by atoms with Gasteiger partial charge in [0.15, 0.2) is 0 Å². The molecule has 0 radical (unpaired) electrons. The Balaban J connectivity index is 1.52. The average Bonchev–Trinajstić information content (AvgIpc) is 2.74. The number of nitrogens with zero attached hydrogens (tertiary/aromatic N) is 2. The Labute approximate surface area is 175 Å². The van der Waals surface area contributed by atoms with Gasteiger partial charge in [-0.05, 0) is 54.5 Å². The van der Waals surface area contributed by atoms with Gasteiger partial charge in [0, 0.05) is 35.3 Å². The van der Waals surface area contributed by atoms with E-state index >= 15 is 0 Å². The van der Waals surface area contributed by atoms with Gasteiger partial charge in [-0.2, -0.15) is 0 Å². The van der Waals surface area contributed by atoms with Crippen molar-refractivity contribution in [2.75, 3.05) is 36.5 Å². The predicted octanol–water partition coefficient (Wildman–Crippen LogP) is 4.69. The normalized spacial score (nSPS) is 14.5. The van der Waals surface area contributed by atoms with Gasteiger partial charge in [0.2, 0.25) is 5.91 Å². The van der Waals surface area contributed by atoms with Gasteiger partial charge in [0.05, 0.1) is 18.7 Å². The minimum atomic E-state index is -0.209. The van der Waals surface area contributed by atoms with E-state index in [1.165, 1.54) is 6.08 Å². The Morgan fingerprint density at radius 2 is 1.97 bits per heavy atom. The van der Waals surface area contributed by atoms with Crippen molar-refractivity contribution in [1.82, 2.24) is 4.98 Å². The molecular weight excluding hydrogens is 386 g/mol. The zero-order valence-electron chi connectivity index (χ0n) is 16.2. The third-order valence-corrected chi connectivity index (χ3v) is 5.27. The molecule has 1 aliphatic heterocycles. The van der Waals surface area contributed by atoms with Crippen LogP contribution >= 0.6 is 11.6 Å². The summed E-state index contributed by atoms with van der Waals surface area (Å²) in [6.45, 7) is 5.22. The van der Waals surface area contributed by atoms with Crippen LogP contribution in [0, 0.1) is 6.92 Å². The molecule has 5 nitrogen and oxygen atoms in total. The van der Waals surface area contributed by atoms with Crippen molar-refractivity contribution in [3.63, 3.8) is 0 Å². The number of carbonyl (C=O) groups excluding carboxylic acids is 1. The Morgan fingerprint density at radius 3 is 2.76 bits per heavy atom. The minimum Gasteiger partial charge on any atom is -0.378 e. The molecule has 0 unspecified atom stereocenters. The lowest BCUT2D eigenvalue weighted by molar-refractivity contribution is -0.111. The number of aryl methyl sites for hydroxylation is 1. The summed E-state index contributed by atoms with van der Waals surface area (Å²) in [5.41, 5.74) is 3.57. The molecular formula is C23H22ClN3O2. The van der Waals surface area contributed by atoms with E-state index in [9.17, 15) is 4.79 Å². The molecule has 29 heavy (non-hydrogen) atoms. The molecule has 1 saturated heterocycles. The van der Waals surface area contributed by atoms with E-state index < -0.39 is 0 Å². The molecule has 0 spiro atoms. The minimum absolute atomic E-state index is 0.209. The first-order valence-electron chi connectivity index (χ1n) is 9.58. The second kappa shape index (κ2) is 8.64. The molecule has 2 heterocycles. The van der Waals surface area contributed by atoms with Crippen molar-refractivity contribution < 1.29 is 9.53 Å². The monoisotopic (exact) mass is 407 g/mol. The zero-order chi connectivity index (χ0) is 20.2. The quantitative estimate of drug-likeness (QED) is 0.638. The third kappa shape index (κ3) is 4.58. The van der Waals surface area contributed by atoms with Crippen molar-refractivity contribution in [2.24, 2.45) is 0 Å². The van der Waals surface area contributed by atoms with Crippen LogP contribution in [0.15, 0.2) is 54.6 Å². The number of pyridine rings is 1. The number of rotatable bonds is 4. The number of halogens is 1. The number of nitrogens with one attached hydrogen (secondary N) is 1. The van der Waals surface area contributed by atoms with Crippen molar-refractivity contribution >= 4 is 46.0 Å². The fourth-order valence-corrected chi connectivity index (χ4v) is 3.57. The summed E-state index contributed by atoms with van der Waals surface area (Å²) in [4.78, 5) is 19.3. The van der Waals surface area contributed by atoms with Crippen LogP contribution in [0.2, 0.25) is 5.02 Å². The summed E-state index contributed by atoms with van der Waals surface area (Å²) in [6, 6.07) is 15.3. The van der Waals surface area contributed by atoms with Gasteiger partial charge in [-0.1, -0.05) is 29.8 Å². The Bertz CT molecular complexity index is 1070. The average molecular weight is 408 g/mol. The van der Waals surface area contributed by atoms with Crippen LogP contribution in [0.3, 0.4) is 0 Å². The first kappa shape index (κ1) is 19.4. The molecule has 148 valence electrons. The molecule has 0 saturated carbocycles. The highest BCUT2D eigenvalue weighted by Gasteiger charge is 2.14. The van der Waals surface area contributed by atoms with Crippen LogP contribution in [-0.4, -0.2) is 37.2 Å². The Kier molecular flexibility index (Phi) is 5.79. The maximum Gasteiger partial charge on any atom is 0.248 e. The molecule has 3 aromatic rings. The molecule has 1 amide bonds. The van der Waals surface area contributed by atoms with Crippen LogP contribution < -0.4 is 10.2 Å². The second-order valence-corrected chi connectivity index (χ2v) is 7.38. The zero-order valence-corrected chi connectivity index (χ0v) is 16.9. The maximum absolute atomic E-state index is 12.3. The number of hydrogen-bond donors (Lipinski definition) is 1. The topological polar surface area (TPSA) is 54.5 Å². The van der Waals surface area contributed by atoms with Gasteiger partial charge < -0.3 is 15.0 Å². The molecule has 2 aromatic carbocycles. The van der Waals surface area contributed by atoms with Crippen LogP contribution in [0.1, 0.15) is 11.1 Å². The molecule has 4 rings (SSSR count). The van der Waals surface area contributed by atoms with Gasteiger partial charge in [-0.3, -0.25) is 4.79 Å². The van der Waals surface area contributed by atoms with Crippen LogP contribution in [0.25, 0.3) is 17.0 Å². The van der Waals surface area contributed by atoms with Gasteiger partial charge in [0.1, 0.15) is 5.82 Å². The fraction of sp³-hybridized carbons (Fsp3) is 0.217. The molecule has 1 fully saturated rings. The third-order valence-electron chi connectivity index (χ3n) is 4.92. The van der Waals surface area contributed by atoms with Gasteiger partial charge in [0.25, 0.3) is 0 Å². The van der Waals surface area contributed by atoms with Gasteiger partial charge >= 0.3 is 0 Å². The van der Waals surface area contributed by atoms with Crippen molar-refractivity contribution in [3.8, 4) is 0 Å². The number of aromatic nitrogens is 1. The number of fused-ring (bicyclic) bond motifs is 1. The van der Waals surface area contributed by atoms with E-state index in [0.29, 0.717) is 5.02 Å². The van der Waals surface area contributed by atoms with Gasteiger partial charge in [-0.15, -0.1) is 0 Å². The summed E-state index contributed by atoms with van der Waals surface area (Å²) in [7, 11) is 0. The summed E-state index contributed by atoms with van der Waals surface area (Å²) in [6.07, 6.45) is 3.19. The van der Waals surface area contributed by atoms with Crippen LogP contribution in [0.5, 0.6) is 0 Å². The predicted molar refractivity (Wildman–Crippen MR) is 119 cm³/mol. The molecule has 0 bridgehead atoms. The van der Waals surface area contributed by atoms with Crippen molar-refractivity contribution in [2.45, 2.75) is 6.92 Å². The van der Waals surface area contributed by atoms with E-state index in [-0.39, 0.29) is 5.91 Å². The second-order valence-electron chi connectivity index (χ2n) is 6.97. The standard InChI is InChI=1S/C23H22ClN3O2/c1-16-14-22(27-10-12-29-13-11-27)26-21-8-7-18(15-19(16)21)25-23(28)9-6-17-4-2-3-5-20(17)24/h2-9,14-15H,10-13H2,1H3,(H,25,28)/b9-6+. The lowest BCUT2D eigenvalue weighted by Gasteiger charge is -2.28. The lowest BCUT2D eigenvalue weighted by Crippen LogP contribution is -2.36. The van der Waals surface area contributed by atoms with Crippen LogP contribution in [-0.2, 0) is 9.53 Å². The molecule has 1 aliphatic rings. The highest BCUT2D eigenvalue weighted by molar-refractivity contribution is 6.32. The number of hydrogen-bond acceptors (Lipinski definition) is 4. The summed E-state index contributed by atoms with van der Waals surface area (Å²) < 4.78 is 5.42. The highest BCUT2D eigenvalue weighted by atomic mass is 35.5. The number of benzene rings is 2. The van der Waals surface area contributed by atoms with E-state index in [2.05, 4.69) is 23.2 Å². The summed E-state index contributed by atoms with van der Waals surface area (Å²) in [5, 5.41) is 4.54. The molecule has 0 aliphatic carbocycles.